The van der Waals surface area contributed by atoms with Crippen LogP contribution < -0.4 is 5.32 Å². The number of benzene rings is 1. The van der Waals surface area contributed by atoms with Gasteiger partial charge in [-0.25, -0.2) is 4.39 Å². The maximum atomic E-state index is 13.1. The van der Waals surface area contributed by atoms with Crippen LogP contribution in [-0.4, -0.2) is 12.1 Å². The summed E-state index contributed by atoms with van der Waals surface area (Å²) < 4.78 is 14.0. The molecule has 0 atom stereocenters. The second-order valence-corrected chi connectivity index (χ2v) is 7.72. The highest BCUT2D eigenvalue weighted by atomic mass is 79.9. The van der Waals surface area contributed by atoms with Crippen molar-refractivity contribution >= 4 is 15.9 Å². The fourth-order valence-electron chi connectivity index (χ4n) is 2.61. The maximum Gasteiger partial charge on any atom is 0.124 e. The Labute approximate surface area is 124 Å². The van der Waals surface area contributed by atoms with Crippen LogP contribution in [-0.2, 0) is 6.42 Å². The third kappa shape index (κ3) is 4.03. The van der Waals surface area contributed by atoms with E-state index in [-0.39, 0.29) is 11.4 Å². The van der Waals surface area contributed by atoms with Crippen molar-refractivity contribution in [1.29, 1.82) is 0 Å². The monoisotopic (exact) mass is 327 g/mol. The van der Waals surface area contributed by atoms with Crippen LogP contribution in [0.4, 0.5) is 4.39 Å². The van der Waals surface area contributed by atoms with Gasteiger partial charge in [-0.15, -0.1) is 0 Å². The lowest BCUT2D eigenvalue weighted by Gasteiger charge is -2.44. The molecular formula is C16H23BrFN. The number of hydrogen-bond acceptors (Lipinski definition) is 1. The molecule has 1 nitrogen and oxygen atoms in total. The number of hydrogen-bond donors (Lipinski definition) is 1. The molecule has 0 bridgehead atoms. The van der Waals surface area contributed by atoms with Gasteiger partial charge >= 0.3 is 0 Å². The highest BCUT2D eigenvalue weighted by Gasteiger charge is 2.37. The summed E-state index contributed by atoms with van der Waals surface area (Å²) in [6.07, 6.45) is 4.86. The zero-order valence-electron chi connectivity index (χ0n) is 12.0. The lowest BCUT2D eigenvalue weighted by Crippen LogP contribution is -2.48. The molecule has 0 heterocycles. The normalized spacial score (nSPS) is 18.2. The molecule has 106 valence electrons. The van der Waals surface area contributed by atoms with Crippen molar-refractivity contribution < 1.29 is 4.39 Å². The molecule has 2 rings (SSSR count). The van der Waals surface area contributed by atoms with Crippen molar-refractivity contribution in [3.63, 3.8) is 0 Å². The average Bonchev–Trinajstić information content (AvgIpc) is 2.23. The van der Waals surface area contributed by atoms with Gasteiger partial charge in [-0.2, -0.15) is 0 Å². The fourth-order valence-corrected chi connectivity index (χ4v) is 3.11. The Morgan fingerprint density at radius 1 is 1.32 bits per heavy atom. The Morgan fingerprint density at radius 3 is 2.47 bits per heavy atom. The third-order valence-electron chi connectivity index (χ3n) is 3.99. The van der Waals surface area contributed by atoms with E-state index in [2.05, 4.69) is 42.0 Å². The van der Waals surface area contributed by atoms with Gasteiger partial charge in [0.2, 0.25) is 0 Å². The Balaban J connectivity index is 2.06. The number of nitrogens with one attached hydrogen (secondary N) is 1. The molecule has 0 spiro atoms. The summed E-state index contributed by atoms with van der Waals surface area (Å²) in [6, 6.07) is 5.04. The van der Waals surface area contributed by atoms with E-state index in [9.17, 15) is 4.39 Å². The lowest BCUT2D eigenvalue weighted by molar-refractivity contribution is 0.118. The second-order valence-electron chi connectivity index (χ2n) is 6.87. The van der Waals surface area contributed by atoms with Crippen LogP contribution in [0.2, 0.25) is 0 Å². The first kappa shape index (κ1) is 15.0. The van der Waals surface area contributed by atoms with E-state index in [0.29, 0.717) is 5.41 Å². The Kier molecular flexibility index (Phi) is 4.36. The fraction of sp³-hybridized carbons (Fsp3) is 0.625. The van der Waals surface area contributed by atoms with Crippen molar-refractivity contribution in [3.8, 4) is 0 Å². The molecule has 0 aliphatic heterocycles. The van der Waals surface area contributed by atoms with Crippen molar-refractivity contribution in [2.75, 3.05) is 6.54 Å². The van der Waals surface area contributed by atoms with Crippen molar-refractivity contribution in [1.82, 2.24) is 5.32 Å². The summed E-state index contributed by atoms with van der Waals surface area (Å²) in [4.78, 5) is 0. The van der Waals surface area contributed by atoms with E-state index in [4.69, 9.17) is 0 Å². The molecule has 1 aliphatic carbocycles. The van der Waals surface area contributed by atoms with Gasteiger partial charge in [0, 0.05) is 16.6 Å². The van der Waals surface area contributed by atoms with E-state index in [1.807, 2.05) is 6.07 Å². The van der Waals surface area contributed by atoms with Crippen LogP contribution in [0.15, 0.2) is 22.7 Å². The van der Waals surface area contributed by atoms with Crippen LogP contribution in [0.25, 0.3) is 0 Å². The van der Waals surface area contributed by atoms with E-state index >= 15 is 0 Å². The van der Waals surface area contributed by atoms with Crippen LogP contribution in [0.1, 0.15) is 45.6 Å². The topological polar surface area (TPSA) is 12.0 Å². The summed E-state index contributed by atoms with van der Waals surface area (Å²) in [5.74, 6) is -0.175. The smallest absolute Gasteiger partial charge is 0.124 e. The standard InChI is InChI=1S/C16H23BrFN/c1-15(2,3)19-11-16(7-4-8-16)10-12-5-6-13(18)9-14(12)17/h5-6,9,19H,4,7-8,10-11H2,1-3H3. The minimum atomic E-state index is -0.175. The minimum absolute atomic E-state index is 0.155. The zero-order valence-corrected chi connectivity index (χ0v) is 13.6. The van der Waals surface area contributed by atoms with E-state index in [1.165, 1.54) is 24.8 Å². The predicted molar refractivity (Wildman–Crippen MR) is 81.8 cm³/mol. The molecule has 1 fully saturated rings. The molecular weight excluding hydrogens is 305 g/mol. The molecule has 1 aromatic carbocycles. The first-order valence-electron chi connectivity index (χ1n) is 6.99. The van der Waals surface area contributed by atoms with Gasteiger partial charge in [0.25, 0.3) is 0 Å². The molecule has 3 heteroatoms. The van der Waals surface area contributed by atoms with Gasteiger partial charge in [0.05, 0.1) is 0 Å². The van der Waals surface area contributed by atoms with Crippen LogP contribution >= 0.6 is 15.9 Å². The third-order valence-corrected chi connectivity index (χ3v) is 4.73. The first-order valence-corrected chi connectivity index (χ1v) is 7.78. The molecule has 1 aliphatic rings. The highest BCUT2D eigenvalue weighted by Crippen LogP contribution is 2.44. The van der Waals surface area contributed by atoms with E-state index < -0.39 is 0 Å². The van der Waals surface area contributed by atoms with Crippen molar-refractivity contribution in [3.05, 3.63) is 34.1 Å². The van der Waals surface area contributed by atoms with Crippen LogP contribution in [0.3, 0.4) is 0 Å². The van der Waals surface area contributed by atoms with Gasteiger partial charge in [0.15, 0.2) is 0 Å². The average molecular weight is 328 g/mol. The van der Waals surface area contributed by atoms with Crippen molar-refractivity contribution in [2.45, 2.75) is 52.0 Å². The molecule has 1 aromatic rings. The summed E-state index contributed by atoms with van der Waals surface area (Å²) in [7, 11) is 0. The molecule has 0 saturated heterocycles. The Morgan fingerprint density at radius 2 is 2.00 bits per heavy atom. The van der Waals surface area contributed by atoms with Crippen LogP contribution in [0.5, 0.6) is 0 Å². The molecule has 1 saturated carbocycles. The first-order chi connectivity index (χ1) is 8.80. The Bertz CT molecular complexity index is 447. The molecule has 19 heavy (non-hydrogen) atoms. The predicted octanol–water partition coefficient (Wildman–Crippen LogP) is 4.69. The largest absolute Gasteiger partial charge is 0.312 e. The summed E-state index contributed by atoms with van der Waals surface area (Å²) in [5, 5.41) is 3.63. The van der Waals surface area contributed by atoms with Crippen LogP contribution in [0, 0.1) is 11.2 Å². The van der Waals surface area contributed by atoms with E-state index in [1.54, 1.807) is 12.1 Å². The molecule has 0 radical (unpaired) electrons. The summed E-state index contributed by atoms with van der Waals surface area (Å²) >= 11 is 3.48. The Hall–Kier alpha value is -0.410. The zero-order chi connectivity index (χ0) is 14.1. The second kappa shape index (κ2) is 5.53. The molecule has 0 unspecified atom stereocenters. The summed E-state index contributed by atoms with van der Waals surface area (Å²) in [5.41, 5.74) is 1.73. The van der Waals surface area contributed by atoms with Gasteiger partial charge < -0.3 is 5.32 Å². The number of halogens is 2. The maximum absolute atomic E-state index is 13.1. The van der Waals surface area contributed by atoms with Gasteiger partial charge in [0.1, 0.15) is 5.82 Å². The number of rotatable bonds is 4. The molecule has 1 N–H and O–H groups in total. The molecule has 0 aromatic heterocycles. The minimum Gasteiger partial charge on any atom is -0.312 e. The van der Waals surface area contributed by atoms with E-state index in [0.717, 1.165) is 17.4 Å². The van der Waals surface area contributed by atoms with Crippen molar-refractivity contribution in [2.24, 2.45) is 5.41 Å². The highest BCUT2D eigenvalue weighted by molar-refractivity contribution is 9.10. The van der Waals surface area contributed by atoms with Gasteiger partial charge in [-0.1, -0.05) is 28.4 Å². The van der Waals surface area contributed by atoms with Gasteiger partial charge in [-0.05, 0) is 63.1 Å². The summed E-state index contributed by atoms with van der Waals surface area (Å²) in [6.45, 7) is 7.65. The molecule has 0 amide bonds. The lowest BCUT2D eigenvalue weighted by atomic mass is 9.65. The SMILES string of the molecule is CC(C)(C)NCC1(Cc2ccc(F)cc2Br)CCC1. The van der Waals surface area contributed by atoms with Gasteiger partial charge in [-0.3, -0.25) is 0 Å². The quantitative estimate of drug-likeness (QED) is 0.845.